The number of rotatable bonds is 3. The third-order valence-corrected chi connectivity index (χ3v) is 2.52. The van der Waals surface area contributed by atoms with Crippen LogP contribution in [0.1, 0.15) is 11.5 Å². The maximum Gasteiger partial charge on any atom is 0.156 e. The minimum absolute atomic E-state index is 0.433. The molecule has 0 spiro atoms. The lowest BCUT2D eigenvalue weighted by Gasteiger charge is -2.07. The highest BCUT2D eigenvalue weighted by atomic mass is 79.9. The fourth-order valence-electron chi connectivity index (χ4n) is 0.976. The van der Waals surface area contributed by atoms with E-state index in [1.807, 2.05) is 14.0 Å². The second-order valence-corrected chi connectivity index (χ2v) is 3.36. The van der Waals surface area contributed by atoms with Crippen LogP contribution in [0.15, 0.2) is 4.47 Å². The summed E-state index contributed by atoms with van der Waals surface area (Å²) in [6.45, 7) is 2.36. The number of anilines is 1. The second kappa shape index (κ2) is 4.53. The van der Waals surface area contributed by atoms with Crippen molar-refractivity contribution in [3.05, 3.63) is 16.0 Å². The molecule has 72 valence electrons. The highest BCUT2D eigenvalue weighted by Crippen LogP contribution is 2.22. The molecule has 0 aliphatic carbocycles. The zero-order chi connectivity index (χ0) is 9.84. The van der Waals surface area contributed by atoms with Crippen molar-refractivity contribution >= 4 is 21.7 Å². The van der Waals surface area contributed by atoms with Crippen molar-refractivity contribution in [3.63, 3.8) is 0 Å². The molecular formula is C8H12BrN3O. The second-order valence-electron chi connectivity index (χ2n) is 2.57. The molecule has 0 unspecified atom stereocenters. The Balaban J connectivity index is 3.06. The van der Waals surface area contributed by atoms with Crippen LogP contribution in [0.5, 0.6) is 0 Å². The number of halogens is 1. The topological polar surface area (TPSA) is 47.0 Å². The fraction of sp³-hybridized carbons (Fsp3) is 0.500. The molecule has 0 aromatic carbocycles. The molecule has 1 heterocycles. The lowest BCUT2D eigenvalue weighted by atomic mass is 10.4. The van der Waals surface area contributed by atoms with Crippen LogP contribution in [0, 0.1) is 6.92 Å². The van der Waals surface area contributed by atoms with E-state index >= 15 is 0 Å². The molecule has 0 radical (unpaired) electrons. The third-order valence-electron chi connectivity index (χ3n) is 1.57. The summed E-state index contributed by atoms with van der Waals surface area (Å²) in [4.78, 5) is 8.50. The maximum absolute atomic E-state index is 4.95. The summed E-state index contributed by atoms with van der Waals surface area (Å²) < 4.78 is 5.85. The number of aromatic nitrogens is 2. The SMILES string of the molecule is CNc1nc(COC)nc(C)c1Br. The number of ether oxygens (including phenoxy) is 1. The molecule has 0 amide bonds. The molecule has 5 heteroatoms. The van der Waals surface area contributed by atoms with Gasteiger partial charge < -0.3 is 10.1 Å². The first kappa shape index (κ1) is 10.4. The lowest BCUT2D eigenvalue weighted by Crippen LogP contribution is -2.04. The van der Waals surface area contributed by atoms with E-state index in [9.17, 15) is 0 Å². The Bertz CT molecular complexity index is 304. The van der Waals surface area contributed by atoms with E-state index in [1.54, 1.807) is 7.11 Å². The fourth-order valence-corrected chi connectivity index (χ4v) is 1.35. The summed E-state index contributed by atoms with van der Waals surface area (Å²) in [5.41, 5.74) is 0.909. The van der Waals surface area contributed by atoms with Gasteiger partial charge in [-0.05, 0) is 22.9 Å². The van der Waals surface area contributed by atoms with Crippen LogP contribution in [0.25, 0.3) is 0 Å². The zero-order valence-corrected chi connectivity index (χ0v) is 9.47. The van der Waals surface area contributed by atoms with E-state index in [4.69, 9.17) is 4.74 Å². The molecule has 1 aromatic heterocycles. The van der Waals surface area contributed by atoms with Gasteiger partial charge in [0.25, 0.3) is 0 Å². The first-order chi connectivity index (χ1) is 6.19. The normalized spacial score (nSPS) is 10.2. The minimum atomic E-state index is 0.433. The van der Waals surface area contributed by atoms with Crippen LogP contribution in [-0.2, 0) is 11.3 Å². The molecule has 0 saturated carbocycles. The first-order valence-electron chi connectivity index (χ1n) is 3.88. The summed E-state index contributed by atoms with van der Waals surface area (Å²) >= 11 is 3.40. The van der Waals surface area contributed by atoms with E-state index in [0.29, 0.717) is 12.4 Å². The van der Waals surface area contributed by atoms with Gasteiger partial charge in [-0.3, -0.25) is 0 Å². The number of nitrogens with zero attached hydrogens (tertiary/aromatic N) is 2. The predicted octanol–water partition coefficient (Wildman–Crippen LogP) is 1.74. The van der Waals surface area contributed by atoms with Gasteiger partial charge in [-0.15, -0.1) is 0 Å². The van der Waals surface area contributed by atoms with Gasteiger partial charge in [0.15, 0.2) is 5.82 Å². The Morgan fingerprint density at radius 1 is 1.46 bits per heavy atom. The molecule has 0 saturated heterocycles. The van der Waals surface area contributed by atoms with E-state index in [1.165, 1.54) is 0 Å². The molecule has 0 bridgehead atoms. The van der Waals surface area contributed by atoms with E-state index < -0.39 is 0 Å². The monoisotopic (exact) mass is 245 g/mol. The number of nitrogens with one attached hydrogen (secondary N) is 1. The van der Waals surface area contributed by atoms with Crippen molar-refractivity contribution in [2.45, 2.75) is 13.5 Å². The van der Waals surface area contributed by atoms with Gasteiger partial charge in [0.2, 0.25) is 0 Å². The smallest absolute Gasteiger partial charge is 0.156 e. The predicted molar refractivity (Wildman–Crippen MR) is 54.7 cm³/mol. The quantitative estimate of drug-likeness (QED) is 0.882. The average Bonchev–Trinajstić information content (AvgIpc) is 2.11. The van der Waals surface area contributed by atoms with Gasteiger partial charge >= 0.3 is 0 Å². The highest BCUT2D eigenvalue weighted by Gasteiger charge is 2.07. The Morgan fingerprint density at radius 3 is 2.69 bits per heavy atom. The van der Waals surface area contributed by atoms with Crippen molar-refractivity contribution in [3.8, 4) is 0 Å². The lowest BCUT2D eigenvalue weighted by molar-refractivity contribution is 0.177. The molecule has 0 aliphatic rings. The van der Waals surface area contributed by atoms with Gasteiger partial charge in [0.05, 0.1) is 10.2 Å². The largest absolute Gasteiger partial charge is 0.377 e. The van der Waals surface area contributed by atoms with Crippen LogP contribution >= 0.6 is 15.9 Å². The van der Waals surface area contributed by atoms with Crippen molar-refractivity contribution < 1.29 is 4.74 Å². The summed E-state index contributed by atoms with van der Waals surface area (Å²) in [6, 6.07) is 0. The van der Waals surface area contributed by atoms with Gasteiger partial charge in [-0.25, -0.2) is 9.97 Å². The van der Waals surface area contributed by atoms with Crippen molar-refractivity contribution in [1.29, 1.82) is 0 Å². The highest BCUT2D eigenvalue weighted by molar-refractivity contribution is 9.10. The first-order valence-corrected chi connectivity index (χ1v) is 4.68. The zero-order valence-electron chi connectivity index (χ0n) is 7.89. The van der Waals surface area contributed by atoms with Crippen LogP contribution in [0.4, 0.5) is 5.82 Å². The Hall–Kier alpha value is -0.680. The average molecular weight is 246 g/mol. The van der Waals surface area contributed by atoms with Gasteiger partial charge in [-0.2, -0.15) is 0 Å². The van der Waals surface area contributed by atoms with E-state index in [2.05, 4.69) is 31.2 Å². The number of aryl methyl sites for hydroxylation is 1. The molecule has 0 aliphatic heterocycles. The number of methoxy groups -OCH3 is 1. The standard InChI is InChI=1S/C8H12BrN3O/c1-5-7(9)8(10-2)12-6(11-5)4-13-3/h4H2,1-3H3,(H,10,11,12). The molecule has 1 rings (SSSR count). The Kier molecular flexibility index (Phi) is 3.62. The van der Waals surface area contributed by atoms with Gasteiger partial charge in [-0.1, -0.05) is 0 Å². The van der Waals surface area contributed by atoms with Crippen molar-refractivity contribution in [2.24, 2.45) is 0 Å². The Morgan fingerprint density at radius 2 is 2.15 bits per heavy atom. The minimum Gasteiger partial charge on any atom is -0.377 e. The molecule has 13 heavy (non-hydrogen) atoms. The molecule has 1 aromatic rings. The Labute approximate surface area is 85.9 Å². The molecular weight excluding hydrogens is 234 g/mol. The summed E-state index contributed by atoms with van der Waals surface area (Å²) in [7, 11) is 3.45. The van der Waals surface area contributed by atoms with Crippen molar-refractivity contribution in [2.75, 3.05) is 19.5 Å². The van der Waals surface area contributed by atoms with Crippen LogP contribution in [0.3, 0.4) is 0 Å². The third kappa shape index (κ3) is 2.38. The van der Waals surface area contributed by atoms with Crippen LogP contribution in [-0.4, -0.2) is 24.1 Å². The van der Waals surface area contributed by atoms with Gasteiger partial charge in [0.1, 0.15) is 12.4 Å². The summed E-state index contributed by atoms with van der Waals surface area (Å²) in [6.07, 6.45) is 0. The molecule has 0 atom stereocenters. The van der Waals surface area contributed by atoms with E-state index in [-0.39, 0.29) is 0 Å². The molecule has 4 nitrogen and oxygen atoms in total. The number of hydrogen-bond acceptors (Lipinski definition) is 4. The maximum atomic E-state index is 4.95. The van der Waals surface area contributed by atoms with E-state index in [0.717, 1.165) is 16.0 Å². The van der Waals surface area contributed by atoms with Crippen LogP contribution in [0.2, 0.25) is 0 Å². The van der Waals surface area contributed by atoms with Gasteiger partial charge in [0, 0.05) is 14.2 Å². The van der Waals surface area contributed by atoms with Crippen LogP contribution < -0.4 is 5.32 Å². The molecule has 0 fully saturated rings. The van der Waals surface area contributed by atoms with Crippen molar-refractivity contribution in [1.82, 2.24) is 9.97 Å². The number of hydrogen-bond donors (Lipinski definition) is 1. The molecule has 1 N–H and O–H groups in total. The summed E-state index contributed by atoms with van der Waals surface area (Å²) in [5, 5.41) is 2.98. The summed E-state index contributed by atoms with van der Waals surface area (Å²) in [5.74, 6) is 1.48.